The van der Waals surface area contributed by atoms with Crippen LogP contribution in [0.4, 0.5) is 30.7 Å². The van der Waals surface area contributed by atoms with Gasteiger partial charge in [0.1, 0.15) is 5.82 Å². The number of quaternary nitrogens is 1. The number of halogens is 7. The summed E-state index contributed by atoms with van der Waals surface area (Å²) >= 11 is 0. The first-order valence-electron chi connectivity index (χ1n) is 12.7. The van der Waals surface area contributed by atoms with Crippen molar-refractivity contribution in [2.75, 3.05) is 46.4 Å². The van der Waals surface area contributed by atoms with Crippen molar-refractivity contribution in [1.82, 2.24) is 4.90 Å². The average Bonchev–Trinajstić information content (AvgIpc) is 2.85. The van der Waals surface area contributed by atoms with E-state index in [-0.39, 0.29) is 28.8 Å². The molecule has 0 aliphatic carbocycles. The van der Waals surface area contributed by atoms with Crippen LogP contribution in [0.1, 0.15) is 47.6 Å². The van der Waals surface area contributed by atoms with E-state index in [9.17, 15) is 35.9 Å². The van der Waals surface area contributed by atoms with Crippen LogP contribution in [-0.2, 0) is 21.8 Å². The fraction of sp³-hybridized carbons (Fsp3) is 0.556. The van der Waals surface area contributed by atoms with Crippen LogP contribution < -0.4 is 0 Å². The van der Waals surface area contributed by atoms with Gasteiger partial charge in [-0.2, -0.15) is 26.3 Å². The molecule has 0 radical (unpaired) electrons. The Morgan fingerprint density at radius 3 is 2.10 bits per heavy atom. The van der Waals surface area contributed by atoms with Gasteiger partial charge >= 0.3 is 12.4 Å². The molecule has 2 aromatic rings. The third-order valence-corrected chi connectivity index (χ3v) is 7.52. The minimum Gasteiger partial charge on any atom is -0.633 e. The van der Waals surface area contributed by atoms with Crippen LogP contribution in [0, 0.1) is 16.9 Å². The summed E-state index contributed by atoms with van der Waals surface area (Å²) in [5, 5.41) is 12.3. The Bertz CT molecular complexity index is 1080. The zero-order chi connectivity index (χ0) is 28.6. The van der Waals surface area contributed by atoms with Gasteiger partial charge < -0.3 is 19.3 Å². The Kier molecular flexibility index (Phi) is 8.63. The normalized spacial score (nSPS) is 25.4. The predicted octanol–water partition coefficient (Wildman–Crippen LogP) is 6.35. The van der Waals surface area contributed by atoms with Gasteiger partial charge in [-0.25, -0.2) is 4.39 Å². The molecule has 0 bridgehead atoms. The Hall–Kier alpha value is -2.25. The second kappa shape index (κ2) is 11.3. The van der Waals surface area contributed by atoms with Crippen molar-refractivity contribution in [1.29, 1.82) is 0 Å². The van der Waals surface area contributed by atoms with E-state index >= 15 is 0 Å². The van der Waals surface area contributed by atoms with Crippen LogP contribution in [0.2, 0.25) is 0 Å². The molecular formula is C27H31F7N2O3. The van der Waals surface area contributed by atoms with Crippen molar-refractivity contribution in [2.24, 2.45) is 5.92 Å². The summed E-state index contributed by atoms with van der Waals surface area (Å²) in [7, 11) is 1.62. The molecule has 0 amide bonds. The lowest BCUT2D eigenvalue weighted by Gasteiger charge is -2.47. The van der Waals surface area contributed by atoms with Gasteiger partial charge in [0.25, 0.3) is 0 Å². The van der Waals surface area contributed by atoms with E-state index in [2.05, 4.69) is 4.90 Å². The number of piperazine rings is 1. The van der Waals surface area contributed by atoms with Crippen molar-refractivity contribution in [3.63, 3.8) is 0 Å². The first-order chi connectivity index (χ1) is 18.1. The second-order valence-corrected chi connectivity index (χ2v) is 10.5. The van der Waals surface area contributed by atoms with Gasteiger partial charge in [-0.15, -0.1) is 0 Å². The van der Waals surface area contributed by atoms with Gasteiger partial charge in [0, 0.05) is 25.6 Å². The van der Waals surface area contributed by atoms with E-state index in [1.165, 1.54) is 19.1 Å². The number of hydrogen-bond acceptors (Lipinski definition) is 4. The topological polar surface area (TPSA) is 44.8 Å². The van der Waals surface area contributed by atoms with E-state index in [4.69, 9.17) is 9.47 Å². The third kappa shape index (κ3) is 7.49. The Morgan fingerprint density at radius 1 is 1.00 bits per heavy atom. The van der Waals surface area contributed by atoms with Gasteiger partial charge in [-0.3, -0.25) is 4.90 Å². The monoisotopic (exact) mass is 564 g/mol. The lowest BCUT2D eigenvalue weighted by Crippen LogP contribution is -2.55. The van der Waals surface area contributed by atoms with Gasteiger partial charge in [-0.1, -0.05) is 12.1 Å². The number of benzene rings is 2. The van der Waals surface area contributed by atoms with E-state index in [1.54, 1.807) is 19.2 Å². The largest absolute Gasteiger partial charge is 0.633 e. The molecule has 2 fully saturated rings. The van der Waals surface area contributed by atoms with Gasteiger partial charge in [-0.05, 0) is 60.7 Å². The summed E-state index contributed by atoms with van der Waals surface area (Å²) in [6.07, 6.45) is -11.5. The lowest BCUT2D eigenvalue weighted by atomic mass is 9.81. The quantitative estimate of drug-likeness (QED) is 0.233. The van der Waals surface area contributed by atoms with Crippen molar-refractivity contribution >= 4 is 0 Å². The number of ether oxygens (including phenoxy) is 2. The molecule has 2 aromatic carbocycles. The first-order valence-corrected chi connectivity index (χ1v) is 12.7. The number of hydrogen-bond donors (Lipinski definition) is 0. The molecule has 0 unspecified atom stereocenters. The molecule has 4 atom stereocenters. The van der Waals surface area contributed by atoms with Crippen LogP contribution in [0.15, 0.2) is 42.5 Å². The van der Waals surface area contributed by atoms with E-state index in [0.717, 1.165) is 0 Å². The minimum absolute atomic E-state index is 0.0721. The zero-order valence-electron chi connectivity index (χ0n) is 21.6. The minimum atomic E-state index is -4.98. The molecule has 0 saturated carbocycles. The molecule has 2 heterocycles. The predicted molar refractivity (Wildman–Crippen MR) is 129 cm³/mol. The molecule has 12 heteroatoms. The molecule has 2 aliphatic rings. The second-order valence-electron chi connectivity index (χ2n) is 10.5. The molecule has 0 spiro atoms. The van der Waals surface area contributed by atoms with E-state index < -0.39 is 47.6 Å². The number of alkyl halides is 6. The summed E-state index contributed by atoms with van der Waals surface area (Å²) < 4.78 is 106. The number of likely N-dealkylation sites (N-methyl/N-ethyl adjacent to an activating group) is 1. The molecule has 2 aliphatic heterocycles. The van der Waals surface area contributed by atoms with Crippen molar-refractivity contribution in [2.45, 2.75) is 44.0 Å². The van der Waals surface area contributed by atoms with Crippen LogP contribution in [0.25, 0.3) is 0 Å². The maximum atomic E-state index is 13.7. The van der Waals surface area contributed by atoms with Crippen molar-refractivity contribution < 1.29 is 44.9 Å². The Morgan fingerprint density at radius 2 is 1.56 bits per heavy atom. The highest BCUT2D eigenvalue weighted by Crippen LogP contribution is 2.42. The molecule has 0 N–H and O–H groups in total. The summed E-state index contributed by atoms with van der Waals surface area (Å²) in [5.74, 6) is -0.994. The van der Waals surface area contributed by atoms with Crippen molar-refractivity contribution in [3.8, 4) is 0 Å². The smallest absolute Gasteiger partial charge is 0.416 e. The zero-order valence-corrected chi connectivity index (χ0v) is 21.6. The third-order valence-electron chi connectivity index (χ3n) is 7.52. The molecule has 2 saturated heterocycles. The highest BCUT2D eigenvalue weighted by atomic mass is 19.4. The average molecular weight is 565 g/mol. The van der Waals surface area contributed by atoms with Crippen molar-refractivity contribution in [3.05, 3.63) is 75.7 Å². The summed E-state index contributed by atoms with van der Waals surface area (Å²) in [5.41, 5.74) is -2.45. The SMILES string of the molecule is C[C@@H](O[C@H]1OCC[C@H](CN2CC[N+](C)([O-])CC2)[C@H]1c1ccc(F)cc1)c1cc(C(F)(F)F)cc(C(F)(F)F)c1. The van der Waals surface area contributed by atoms with E-state index in [1.807, 2.05) is 0 Å². The van der Waals surface area contributed by atoms with Crippen LogP contribution in [0.5, 0.6) is 0 Å². The summed E-state index contributed by atoms with van der Waals surface area (Å²) in [6, 6.07) is 7.11. The summed E-state index contributed by atoms with van der Waals surface area (Å²) in [6.45, 7) is 4.25. The molecule has 39 heavy (non-hydrogen) atoms. The molecule has 216 valence electrons. The standard InChI is InChI=1S/C27H31F7N2O3/c1-17(20-13-21(26(29,30)31)15-22(14-20)27(32,33)34)39-25-24(18-3-5-23(28)6-4-18)19(7-12-38-25)16-35-8-10-36(2,37)11-9-35/h3-6,13-15,17,19,24-25H,7-12,16H2,1-2H3/t17-,19-,24-,25-/m1/s1. The van der Waals surface area contributed by atoms with Gasteiger partial charge in [0.05, 0.1) is 44.0 Å². The lowest BCUT2D eigenvalue weighted by molar-refractivity contribution is -0.865. The van der Waals surface area contributed by atoms with Crippen LogP contribution in [-0.4, -0.2) is 62.2 Å². The highest BCUT2D eigenvalue weighted by molar-refractivity contribution is 5.35. The fourth-order valence-electron chi connectivity index (χ4n) is 5.22. The maximum absolute atomic E-state index is 13.7. The highest BCUT2D eigenvalue weighted by Gasteiger charge is 2.40. The fourth-order valence-corrected chi connectivity index (χ4v) is 5.22. The number of hydroxylamine groups is 3. The van der Waals surface area contributed by atoms with Crippen LogP contribution in [0.3, 0.4) is 0 Å². The van der Waals surface area contributed by atoms with Crippen LogP contribution >= 0.6 is 0 Å². The molecule has 4 rings (SSSR count). The van der Waals surface area contributed by atoms with E-state index in [0.29, 0.717) is 56.8 Å². The maximum Gasteiger partial charge on any atom is 0.416 e. The van der Waals surface area contributed by atoms with Gasteiger partial charge in [0.2, 0.25) is 0 Å². The molecule has 0 aromatic heterocycles. The molecule has 5 nitrogen and oxygen atoms in total. The Labute approximate surface area is 222 Å². The van der Waals surface area contributed by atoms with Gasteiger partial charge in [0.15, 0.2) is 6.29 Å². The summed E-state index contributed by atoms with van der Waals surface area (Å²) in [4.78, 5) is 2.16. The number of rotatable bonds is 6. The Balaban J connectivity index is 1.61. The molecular weight excluding hydrogens is 533 g/mol. The number of nitrogens with zero attached hydrogens (tertiary/aromatic N) is 2. The first kappa shape index (κ1) is 29.7.